The molecule has 1 aromatic heterocycles. The molecule has 3 rings (SSSR count). The summed E-state index contributed by atoms with van der Waals surface area (Å²) in [5.41, 5.74) is 3.87. The Balaban J connectivity index is 1.76. The van der Waals surface area contributed by atoms with Crippen molar-refractivity contribution in [2.45, 2.75) is 24.8 Å². The molecule has 0 aliphatic heterocycles. The number of aromatic amines is 1. The van der Waals surface area contributed by atoms with Crippen LogP contribution in [-0.4, -0.2) is 17.1 Å². The number of fused-ring (bicyclic) bond motifs is 1. The molecule has 0 spiro atoms. The molecule has 0 bridgehead atoms. The van der Waals surface area contributed by atoms with E-state index >= 15 is 0 Å². The van der Waals surface area contributed by atoms with E-state index in [4.69, 9.17) is 0 Å². The molecule has 0 aliphatic carbocycles. The lowest BCUT2D eigenvalue weighted by molar-refractivity contribution is 0.0935. The Bertz CT molecular complexity index is 836. The highest BCUT2D eigenvalue weighted by Gasteiger charge is 2.13. The number of hydrogen-bond acceptors (Lipinski definition) is 2. The van der Waals surface area contributed by atoms with Crippen LogP contribution in [0.3, 0.4) is 0 Å². The van der Waals surface area contributed by atoms with Crippen LogP contribution < -0.4 is 5.32 Å². The van der Waals surface area contributed by atoms with Crippen LogP contribution >= 0.6 is 11.8 Å². The van der Waals surface area contributed by atoms with Crippen LogP contribution in [0.4, 0.5) is 0 Å². The second-order valence-corrected chi connectivity index (χ2v) is 6.62. The van der Waals surface area contributed by atoms with E-state index in [1.54, 1.807) is 11.8 Å². The summed E-state index contributed by atoms with van der Waals surface area (Å²) >= 11 is 1.71. The smallest absolute Gasteiger partial charge is 0.268 e. The van der Waals surface area contributed by atoms with Crippen LogP contribution in [0, 0.1) is 6.92 Å². The van der Waals surface area contributed by atoms with Crippen LogP contribution in [0.2, 0.25) is 0 Å². The zero-order valence-corrected chi connectivity index (χ0v) is 14.3. The highest BCUT2D eigenvalue weighted by Crippen LogP contribution is 2.20. The monoisotopic (exact) mass is 324 g/mol. The van der Waals surface area contributed by atoms with E-state index in [1.165, 1.54) is 10.5 Å². The minimum atomic E-state index is -0.0831. The maximum Gasteiger partial charge on any atom is 0.268 e. The maximum absolute atomic E-state index is 12.5. The van der Waals surface area contributed by atoms with Crippen molar-refractivity contribution >= 4 is 28.6 Å². The zero-order valence-electron chi connectivity index (χ0n) is 13.5. The van der Waals surface area contributed by atoms with Crippen LogP contribution in [-0.2, 0) is 0 Å². The summed E-state index contributed by atoms with van der Waals surface area (Å²) in [5, 5.41) is 4.11. The van der Waals surface area contributed by atoms with Gasteiger partial charge in [0.25, 0.3) is 5.91 Å². The van der Waals surface area contributed by atoms with Crippen LogP contribution in [0.15, 0.2) is 53.4 Å². The Kier molecular flexibility index (Phi) is 4.44. The first-order valence-electron chi connectivity index (χ1n) is 7.61. The van der Waals surface area contributed by atoms with E-state index in [0.717, 1.165) is 16.5 Å². The van der Waals surface area contributed by atoms with Gasteiger partial charge in [-0.1, -0.05) is 23.8 Å². The average molecular weight is 324 g/mol. The standard InChI is InChI=1S/C19H20N2OS/c1-12-4-9-17-15(10-12)11-18(21-17)19(22)20-13(2)14-5-7-16(23-3)8-6-14/h4-11,13,21H,1-3H3,(H,20,22). The minimum Gasteiger partial charge on any atom is -0.351 e. The van der Waals surface area contributed by atoms with Crippen molar-refractivity contribution in [1.29, 1.82) is 0 Å². The molecule has 3 aromatic rings. The largest absolute Gasteiger partial charge is 0.351 e. The summed E-state index contributed by atoms with van der Waals surface area (Å²) in [6, 6.07) is 16.3. The number of carbonyl (C=O) groups excluding carboxylic acids is 1. The molecule has 0 radical (unpaired) electrons. The molecule has 0 aliphatic rings. The number of aryl methyl sites for hydroxylation is 1. The molecule has 2 aromatic carbocycles. The minimum absolute atomic E-state index is 0.0356. The zero-order chi connectivity index (χ0) is 16.4. The number of hydrogen-bond donors (Lipinski definition) is 2. The highest BCUT2D eigenvalue weighted by molar-refractivity contribution is 7.98. The van der Waals surface area contributed by atoms with Crippen molar-refractivity contribution in [3.63, 3.8) is 0 Å². The van der Waals surface area contributed by atoms with Gasteiger partial charge in [-0.05, 0) is 56.0 Å². The molecule has 1 atom stereocenters. The lowest BCUT2D eigenvalue weighted by Gasteiger charge is -2.14. The normalized spacial score (nSPS) is 12.3. The van der Waals surface area contributed by atoms with Gasteiger partial charge in [0, 0.05) is 15.8 Å². The van der Waals surface area contributed by atoms with E-state index in [2.05, 4.69) is 46.9 Å². The Labute approximate surface area is 140 Å². The number of thioether (sulfide) groups is 1. The molecule has 1 amide bonds. The van der Waals surface area contributed by atoms with Crippen LogP contribution in [0.5, 0.6) is 0 Å². The average Bonchev–Trinajstić information content (AvgIpc) is 2.98. The van der Waals surface area contributed by atoms with E-state index in [9.17, 15) is 4.79 Å². The van der Waals surface area contributed by atoms with E-state index < -0.39 is 0 Å². The predicted octanol–water partition coefficient (Wildman–Crippen LogP) is 4.69. The molecule has 1 heterocycles. The van der Waals surface area contributed by atoms with Crippen molar-refractivity contribution in [2.24, 2.45) is 0 Å². The lowest BCUT2D eigenvalue weighted by Crippen LogP contribution is -2.26. The number of benzene rings is 2. The SMILES string of the molecule is CSc1ccc(C(C)NC(=O)c2cc3cc(C)ccc3[nH]2)cc1. The summed E-state index contributed by atoms with van der Waals surface area (Å²) < 4.78 is 0. The van der Waals surface area contributed by atoms with Gasteiger partial charge in [0.15, 0.2) is 0 Å². The summed E-state index contributed by atoms with van der Waals surface area (Å²) in [5.74, 6) is -0.0831. The Morgan fingerprint density at radius 3 is 2.57 bits per heavy atom. The van der Waals surface area contributed by atoms with Gasteiger partial charge in [-0.3, -0.25) is 4.79 Å². The van der Waals surface area contributed by atoms with E-state index in [-0.39, 0.29) is 11.9 Å². The van der Waals surface area contributed by atoms with Gasteiger partial charge in [-0.25, -0.2) is 0 Å². The van der Waals surface area contributed by atoms with Crippen LogP contribution in [0.25, 0.3) is 10.9 Å². The molecule has 3 nitrogen and oxygen atoms in total. The first-order valence-corrected chi connectivity index (χ1v) is 8.83. The van der Waals surface area contributed by atoms with Gasteiger partial charge < -0.3 is 10.3 Å². The summed E-state index contributed by atoms with van der Waals surface area (Å²) in [6.45, 7) is 4.05. The third-order valence-electron chi connectivity index (χ3n) is 3.98. The maximum atomic E-state index is 12.5. The van der Waals surface area contributed by atoms with E-state index in [0.29, 0.717) is 5.69 Å². The second-order valence-electron chi connectivity index (χ2n) is 5.74. The molecule has 4 heteroatoms. The predicted molar refractivity (Wildman–Crippen MR) is 97.1 cm³/mol. The molecule has 1 unspecified atom stereocenters. The molecule has 0 fully saturated rings. The summed E-state index contributed by atoms with van der Waals surface area (Å²) in [4.78, 5) is 16.9. The van der Waals surface area contributed by atoms with Gasteiger partial charge in [0.05, 0.1) is 6.04 Å². The number of amides is 1. The molecular weight excluding hydrogens is 304 g/mol. The number of nitrogens with one attached hydrogen (secondary N) is 2. The van der Waals surface area contributed by atoms with Gasteiger partial charge >= 0.3 is 0 Å². The molecule has 2 N–H and O–H groups in total. The topological polar surface area (TPSA) is 44.9 Å². The lowest BCUT2D eigenvalue weighted by atomic mass is 10.1. The fraction of sp³-hybridized carbons (Fsp3) is 0.211. The van der Waals surface area contributed by atoms with Gasteiger partial charge in [0.1, 0.15) is 5.69 Å². The van der Waals surface area contributed by atoms with E-state index in [1.807, 2.05) is 32.0 Å². The van der Waals surface area contributed by atoms with Crippen molar-refractivity contribution in [2.75, 3.05) is 6.26 Å². The quantitative estimate of drug-likeness (QED) is 0.684. The number of rotatable bonds is 4. The third-order valence-corrected chi connectivity index (χ3v) is 4.73. The number of aromatic nitrogens is 1. The highest BCUT2D eigenvalue weighted by atomic mass is 32.2. The number of H-pyrrole nitrogens is 1. The third kappa shape index (κ3) is 3.42. The van der Waals surface area contributed by atoms with Gasteiger partial charge in [-0.2, -0.15) is 0 Å². The molecule has 118 valence electrons. The molecule has 23 heavy (non-hydrogen) atoms. The Morgan fingerprint density at radius 2 is 1.87 bits per heavy atom. The fourth-order valence-corrected chi connectivity index (χ4v) is 3.03. The second kappa shape index (κ2) is 6.50. The van der Waals surface area contributed by atoms with Gasteiger partial charge in [-0.15, -0.1) is 11.8 Å². The van der Waals surface area contributed by atoms with Gasteiger partial charge in [0.2, 0.25) is 0 Å². The Hall–Kier alpha value is -2.20. The van der Waals surface area contributed by atoms with Crippen molar-refractivity contribution in [3.05, 3.63) is 65.4 Å². The summed E-state index contributed by atoms with van der Waals surface area (Å²) in [7, 11) is 0. The first-order chi connectivity index (χ1) is 11.1. The number of carbonyl (C=O) groups is 1. The molecular formula is C19H20N2OS. The van der Waals surface area contributed by atoms with Crippen molar-refractivity contribution in [3.8, 4) is 0 Å². The fourth-order valence-electron chi connectivity index (χ4n) is 2.62. The summed E-state index contributed by atoms with van der Waals surface area (Å²) in [6.07, 6.45) is 2.05. The molecule has 0 saturated heterocycles. The molecule has 0 saturated carbocycles. The Morgan fingerprint density at radius 1 is 1.13 bits per heavy atom. The van der Waals surface area contributed by atoms with Crippen molar-refractivity contribution in [1.82, 2.24) is 10.3 Å². The first kappa shape index (κ1) is 15.7. The van der Waals surface area contributed by atoms with Crippen LogP contribution in [0.1, 0.15) is 34.6 Å². The van der Waals surface area contributed by atoms with Crippen molar-refractivity contribution < 1.29 is 4.79 Å².